The van der Waals surface area contributed by atoms with Crippen LogP contribution in [0.3, 0.4) is 0 Å². The summed E-state index contributed by atoms with van der Waals surface area (Å²) in [5.74, 6) is 0.221. The van der Waals surface area contributed by atoms with Crippen LogP contribution in [-0.4, -0.2) is 63.6 Å². The minimum Gasteiger partial charge on any atom is -0.337 e. The molecule has 1 aliphatic rings. The summed E-state index contributed by atoms with van der Waals surface area (Å²) in [5, 5.41) is 0.139. The number of hydrogen-bond acceptors (Lipinski definition) is 4. The van der Waals surface area contributed by atoms with Crippen molar-refractivity contribution in [1.82, 2.24) is 9.80 Å². The Hall–Kier alpha value is -1.11. The lowest BCUT2D eigenvalue weighted by Gasteiger charge is -2.22. The Morgan fingerprint density at radius 1 is 1.32 bits per heavy atom. The molecule has 1 saturated heterocycles. The molecule has 0 spiro atoms. The predicted molar refractivity (Wildman–Crippen MR) is 87.1 cm³/mol. The standard InChI is InChI=1S/C15H21ClN2O3S/c1-10-8-18(9-13(10)17(2)3)15(19)11-5-6-12(16)14(7-11)22(4,20)21/h5-7,10,13H,8-9H2,1-4H3/t10-,13-/m0/s1. The molecular formula is C15H21ClN2O3S. The van der Waals surface area contributed by atoms with Crippen LogP contribution in [0.25, 0.3) is 0 Å². The molecule has 22 heavy (non-hydrogen) atoms. The summed E-state index contributed by atoms with van der Waals surface area (Å²) >= 11 is 5.92. The van der Waals surface area contributed by atoms with Crippen molar-refractivity contribution in [3.8, 4) is 0 Å². The van der Waals surface area contributed by atoms with Crippen LogP contribution < -0.4 is 0 Å². The zero-order chi connectivity index (χ0) is 16.7. The third kappa shape index (κ3) is 3.45. The molecule has 1 aliphatic heterocycles. The first-order valence-electron chi connectivity index (χ1n) is 7.06. The smallest absolute Gasteiger partial charge is 0.253 e. The number of likely N-dealkylation sites (N-methyl/N-ethyl adjacent to an activating group) is 1. The maximum absolute atomic E-state index is 12.6. The fourth-order valence-electron chi connectivity index (χ4n) is 2.89. The van der Waals surface area contributed by atoms with E-state index in [1.165, 1.54) is 12.1 Å². The molecular weight excluding hydrogens is 324 g/mol. The molecule has 5 nitrogen and oxygen atoms in total. The topological polar surface area (TPSA) is 57.7 Å². The molecule has 1 aromatic carbocycles. The van der Waals surface area contributed by atoms with Crippen molar-refractivity contribution in [2.45, 2.75) is 17.9 Å². The molecule has 7 heteroatoms. The Balaban J connectivity index is 2.28. The van der Waals surface area contributed by atoms with E-state index >= 15 is 0 Å². The van der Waals surface area contributed by atoms with Crippen molar-refractivity contribution in [1.29, 1.82) is 0 Å². The molecule has 0 aromatic heterocycles. The van der Waals surface area contributed by atoms with Gasteiger partial charge in [-0.15, -0.1) is 0 Å². The molecule has 0 radical (unpaired) electrons. The molecule has 0 unspecified atom stereocenters. The number of nitrogens with zero attached hydrogens (tertiary/aromatic N) is 2. The number of carbonyl (C=O) groups is 1. The molecule has 1 heterocycles. The summed E-state index contributed by atoms with van der Waals surface area (Å²) in [6.45, 7) is 3.42. The SMILES string of the molecule is C[C@H]1CN(C(=O)c2ccc(Cl)c(S(C)(=O)=O)c2)C[C@@H]1N(C)C. The highest BCUT2D eigenvalue weighted by atomic mass is 35.5. The number of likely N-dealkylation sites (tertiary alicyclic amines) is 1. The Morgan fingerprint density at radius 2 is 1.95 bits per heavy atom. The average molecular weight is 345 g/mol. The van der Waals surface area contributed by atoms with Crippen LogP contribution in [0.4, 0.5) is 0 Å². The Kier molecular flexibility index (Phi) is 4.84. The van der Waals surface area contributed by atoms with E-state index in [0.717, 1.165) is 6.26 Å². The molecule has 0 N–H and O–H groups in total. The zero-order valence-electron chi connectivity index (χ0n) is 13.2. The van der Waals surface area contributed by atoms with Gasteiger partial charge in [-0.1, -0.05) is 18.5 Å². The van der Waals surface area contributed by atoms with Gasteiger partial charge < -0.3 is 9.80 Å². The lowest BCUT2D eigenvalue weighted by atomic mass is 10.1. The van der Waals surface area contributed by atoms with Crippen LogP contribution in [-0.2, 0) is 9.84 Å². The number of carbonyl (C=O) groups excluding carboxylic acids is 1. The van der Waals surface area contributed by atoms with Gasteiger partial charge in [0.2, 0.25) is 0 Å². The number of halogens is 1. The van der Waals surface area contributed by atoms with Crippen molar-refractivity contribution < 1.29 is 13.2 Å². The number of amides is 1. The summed E-state index contributed by atoms with van der Waals surface area (Å²) in [6.07, 6.45) is 1.09. The fraction of sp³-hybridized carbons (Fsp3) is 0.533. The highest BCUT2D eigenvalue weighted by molar-refractivity contribution is 7.90. The first kappa shape index (κ1) is 17.2. The van der Waals surface area contributed by atoms with E-state index in [1.54, 1.807) is 11.0 Å². The largest absolute Gasteiger partial charge is 0.337 e. The summed E-state index contributed by atoms with van der Waals surface area (Å²) in [4.78, 5) is 16.5. The van der Waals surface area contributed by atoms with Crippen LogP contribution in [0.5, 0.6) is 0 Å². The van der Waals surface area contributed by atoms with E-state index in [1.807, 2.05) is 14.1 Å². The van der Waals surface area contributed by atoms with Gasteiger partial charge in [-0.2, -0.15) is 0 Å². The first-order valence-corrected chi connectivity index (χ1v) is 9.33. The third-order valence-corrected chi connectivity index (χ3v) is 5.68. The molecule has 2 atom stereocenters. The quantitative estimate of drug-likeness (QED) is 0.838. The zero-order valence-corrected chi connectivity index (χ0v) is 14.8. The molecule has 1 aromatic rings. The maximum Gasteiger partial charge on any atom is 0.253 e. The normalized spacial score (nSPS) is 22.4. The van der Waals surface area contributed by atoms with E-state index in [9.17, 15) is 13.2 Å². The van der Waals surface area contributed by atoms with Gasteiger partial charge >= 0.3 is 0 Å². The van der Waals surface area contributed by atoms with Crippen LogP contribution >= 0.6 is 11.6 Å². The fourth-order valence-corrected chi connectivity index (χ4v) is 4.19. The molecule has 122 valence electrons. The summed E-state index contributed by atoms with van der Waals surface area (Å²) in [7, 11) is 0.539. The van der Waals surface area contributed by atoms with Crippen LogP contribution in [0.15, 0.2) is 23.1 Å². The van der Waals surface area contributed by atoms with Gasteiger partial charge in [0.25, 0.3) is 5.91 Å². The number of sulfone groups is 1. The van der Waals surface area contributed by atoms with Crippen molar-refractivity contribution in [2.75, 3.05) is 33.4 Å². The predicted octanol–water partition coefficient (Wildman–Crippen LogP) is 1.77. The van der Waals surface area contributed by atoms with Gasteiger partial charge in [-0.05, 0) is 38.2 Å². The number of hydrogen-bond donors (Lipinski definition) is 0. The molecule has 1 amide bonds. The summed E-state index contributed by atoms with van der Waals surface area (Å²) in [5.41, 5.74) is 0.358. The highest BCUT2D eigenvalue weighted by Gasteiger charge is 2.34. The van der Waals surface area contributed by atoms with E-state index < -0.39 is 9.84 Å². The molecule has 0 bridgehead atoms. The van der Waals surface area contributed by atoms with E-state index in [0.29, 0.717) is 30.6 Å². The van der Waals surface area contributed by atoms with Crippen molar-refractivity contribution >= 4 is 27.3 Å². The monoisotopic (exact) mass is 344 g/mol. The van der Waals surface area contributed by atoms with Gasteiger partial charge in [-0.25, -0.2) is 8.42 Å². The second-order valence-electron chi connectivity index (χ2n) is 6.14. The van der Waals surface area contributed by atoms with E-state index in [4.69, 9.17) is 11.6 Å². The van der Waals surface area contributed by atoms with E-state index in [-0.39, 0.29) is 15.8 Å². The van der Waals surface area contributed by atoms with Crippen LogP contribution in [0, 0.1) is 5.92 Å². The maximum atomic E-state index is 12.6. The van der Waals surface area contributed by atoms with E-state index in [2.05, 4.69) is 11.8 Å². The van der Waals surface area contributed by atoms with Gasteiger partial charge in [0.15, 0.2) is 9.84 Å². The summed E-state index contributed by atoms with van der Waals surface area (Å²) < 4.78 is 23.5. The first-order chi connectivity index (χ1) is 10.1. The average Bonchev–Trinajstić information content (AvgIpc) is 2.79. The molecule has 1 fully saturated rings. The number of benzene rings is 1. The van der Waals surface area contributed by atoms with Gasteiger partial charge in [0.05, 0.1) is 9.92 Å². The van der Waals surface area contributed by atoms with Crippen molar-refractivity contribution in [2.24, 2.45) is 5.92 Å². The molecule has 2 rings (SSSR count). The summed E-state index contributed by atoms with van der Waals surface area (Å²) in [6, 6.07) is 4.72. The Bertz CT molecular complexity index is 688. The molecule has 0 saturated carbocycles. The Morgan fingerprint density at radius 3 is 2.45 bits per heavy atom. The van der Waals surface area contributed by atoms with Crippen molar-refractivity contribution in [3.63, 3.8) is 0 Å². The van der Waals surface area contributed by atoms with Gasteiger partial charge in [0, 0.05) is 31.0 Å². The minimum absolute atomic E-state index is 0.00331. The Labute approximate surface area is 136 Å². The lowest BCUT2D eigenvalue weighted by molar-refractivity contribution is 0.0781. The van der Waals surface area contributed by atoms with Crippen molar-refractivity contribution in [3.05, 3.63) is 28.8 Å². The number of rotatable bonds is 3. The van der Waals surface area contributed by atoms with Crippen LogP contribution in [0.1, 0.15) is 17.3 Å². The van der Waals surface area contributed by atoms with Crippen LogP contribution in [0.2, 0.25) is 5.02 Å². The molecule has 0 aliphatic carbocycles. The minimum atomic E-state index is -3.46. The van der Waals surface area contributed by atoms with Gasteiger partial charge in [0.1, 0.15) is 0 Å². The second kappa shape index (κ2) is 6.18. The van der Waals surface area contributed by atoms with Gasteiger partial charge in [-0.3, -0.25) is 4.79 Å². The highest BCUT2D eigenvalue weighted by Crippen LogP contribution is 2.26. The second-order valence-corrected chi connectivity index (χ2v) is 8.53. The lowest BCUT2D eigenvalue weighted by Crippen LogP contribution is -2.35. The third-order valence-electron chi connectivity index (χ3n) is 4.10.